The Morgan fingerprint density at radius 1 is 0.362 bits per heavy atom. The van der Waals surface area contributed by atoms with Gasteiger partial charge in [0.2, 0.25) is 0 Å². The van der Waals surface area contributed by atoms with Crippen LogP contribution in [0.15, 0.2) is 60.7 Å². The summed E-state index contributed by atoms with van der Waals surface area (Å²) in [6.07, 6.45) is 33.0. The average Bonchev–Trinajstić information content (AvgIpc) is 3.25. The number of unbranched alkanes of at least 4 members (excludes halogenated alkanes) is 26. The van der Waals surface area contributed by atoms with Crippen molar-refractivity contribution in [1.29, 1.82) is 0 Å². The number of benzene rings is 2. The first kappa shape index (κ1) is 52.3. The van der Waals surface area contributed by atoms with Crippen LogP contribution in [0.5, 0.6) is 0 Å². The van der Waals surface area contributed by atoms with Crippen LogP contribution in [0.1, 0.15) is 205 Å². The zero-order valence-corrected chi connectivity index (χ0v) is 37.7. The predicted molar refractivity (Wildman–Crippen MR) is 244 cm³/mol. The van der Waals surface area contributed by atoms with Gasteiger partial charge in [0.25, 0.3) is 0 Å². The normalized spacial score (nSPS) is 13.8. The fourth-order valence-electron chi connectivity index (χ4n) is 7.68. The summed E-state index contributed by atoms with van der Waals surface area (Å²) >= 11 is 0. The molecular weight excluding hydrogens is 721 g/mol. The van der Waals surface area contributed by atoms with Gasteiger partial charge in [-0.2, -0.15) is 0 Å². The van der Waals surface area contributed by atoms with Crippen LogP contribution < -0.4 is 0 Å². The molecule has 334 valence electrons. The van der Waals surface area contributed by atoms with E-state index in [0.29, 0.717) is 26.4 Å². The maximum atomic E-state index is 11.6. The van der Waals surface area contributed by atoms with Crippen molar-refractivity contribution in [3.63, 3.8) is 0 Å². The van der Waals surface area contributed by atoms with Crippen LogP contribution in [-0.4, -0.2) is 61.1 Å². The number of ether oxygens (including phenoxy) is 4. The van der Waals surface area contributed by atoms with E-state index in [1.807, 2.05) is 60.7 Å². The molecule has 0 fully saturated rings. The van der Waals surface area contributed by atoms with Crippen LogP contribution in [0.25, 0.3) is 0 Å². The Bertz CT molecular complexity index is 1010. The Morgan fingerprint density at radius 3 is 0.897 bits per heavy atom. The van der Waals surface area contributed by atoms with Gasteiger partial charge in [-0.3, -0.25) is 0 Å². The summed E-state index contributed by atoms with van der Waals surface area (Å²) in [7, 11) is 0. The van der Waals surface area contributed by atoms with Gasteiger partial charge in [0.15, 0.2) is 0 Å². The smallest absolute Gasteiger partial charge is 0.111 e. The van der Waals surface area contributed by atoms with E-state index < -0.39 is 24.4 Å². The van der Waals surface area contributed by atoms with Crippen molar-refractivity contribution in [3.8, 4) is 0 Å². The van der Waals surface area contributed by atoms with Crippen molar-refractivity contribution in [2.45, 2.75) is 231 Å². The second-order valence-corrected chi connectivity index (χ2v) is 17.0. The van der Waals surface area contributed by atoms with Crippen molar-refractivity contribution in [1.82, 2.24) is 0 Å². The van der Waals surface area contributed by atoms with Gasteiger partial charge >= 0.3 is 0 Å². The number of aliphatic hydroxyl groups excluding tert-OH is 2. The summed E-state index contributed by atoms with van der Waals surface area (Å²) in [5.74, 6) is 0. The standard InChI is InChI=1S/C52H90O6/c1-3-5-7-9-11-13-15-17-19-21-23-25-27-35-41-55-45-49(57-43-47-37-31-29-32-38-47)51(53)52(54)50(58-44-48-39-33-30-34-40-48)46-56-42-36-28-26-24-22-20-18-16-14-12-10-8-6-4-2/h29-34,37-40,49-54H,3-28,35-36,41-46H2,1-2H3/t49-,50-,51-,52-/m1/s1. The summed E-state index contributed by atoms with van der Waals surface area (Å²) in [5, 5.41) is 23.2. The minimum Gasteiger partial charge on any atom is -0.388 e. The highest BCUT2D eigenvalue weighted by atomic mass is 16.6. The van der Waals surface area contributed by atoms with Crippen molar-refractivity contribution in [2.24, 2.45) is 0 Å². The minimum absolute atomic E-state index is 0.203. The summed E-state index contributed by atoms with van der Waals surface area (Å²) in [4.78, 5) is 0. The van der Waals surface area contributed by atoms with Gasteiger partial charge in [-0.1, -0.05) is 241 Å². The summed E-state index contributed by atoms with van der Waals surface area (Å²) in [6, 6.07) is 19.9. The second-order valence-electron chi connectivity index (χ2n) is 17.0. The van der Waals surface area contributed by atoms with Crippen LogP contribution in [0, 0.1) is 0 Å². The van der Waals surface area contributed by atoms with Crippen LogP contribution >= 0.6 is 0 Å². The zero-order chi connectivity index (χ0) is 41.4. The van der Waals surface area contributed by atoms with Crippen molar-refractivity contribution in [3.05, 3.63) is 71.8 Å². The molecular formula is C52H90O6. The Balaban J connectivity index is 1.74. The van der Waals surface area contributed by atoms with E-state index in [2.05, 4.69) is 13.8 Å². The van der Waals surface area contributed by atoms with Crippen LogP contribution in [0.4, 0.5) is 0 Å². The molecule has 0 heterocycles. The molecule has 0 unspecified atom stereocenters. The molecule has 0 saturated heterocycles. The first-order valence-corrected chi connectivity index (χ1v) is 24.5. The minimum atomic E-state index is -1.20. The average molecular weight is 811 g/mol. The first-order chi connectivity index (χ1) is 28.7. The lowest BCUT2D eigenvalue weighted by Gasteiger charge is -2.32. The highest BCUT2D eigenvalue weighted by Gasteiger charge is 2.34. The van der Waals surface area contributed by atoms with E-state index in [-0.39, 0.29) is 13.2 Å². The molecule has 0 radical (unpaired) electrons. The highest BCUT2D eigenvalue weighted by Crippen LogP contribution is 2.18. The lowest BCUT2D eigenvalue weighted by molar-refractivity contribution is -0.168. The molecule has 6 heteroatoms. The second kappa shape index (κ2) is 39.3. The fourth-order valence-corrected chi connectivity index (χ4v) is 7.68. The lowest BCUT2D eigenvalue weighted by Crippen LogP contribution is -2.49. The van der Waals surface area contributed by atoms with E-state index in [1.54, 1.807) is 0 Å². The molecule has 2 aromatic rings. The Labute approximate surface area is 357 Å². The Hall–Kier alpha value is -1.80. The van der Waals surface area contributed by atoms with Gasteiger partial charge in [-0.15, -0.1) is 0 Å². The quantitative estimate of drug-likeness (QED) is 0.0650. The monoisotopic (exact) mass is 811 g/mol. The molecule has 2 aromatic carbocycles. The van der Waals surface area contributed by atoms with E-state index in [9.17, 15) is 10.2 Å². The summed E-state index contributed by atoms with van der Waals surface area (Å²) in [5.41, 5.74) is 2.02. The third-order valence-corrected chi connectivity index (χ3v) is 11.6. The van der Waals surface area contributed by atoms with Crippen molar-refractivity contribution < 1.29 is 29.2 Å². The molecule has 0 aliphatic heterocycles. The van der Waals surface area contributed by atoms with Gasteiger partial charge in [-0.05, 0) is 24.0 Å². The highest BCUT2D eigenvalue weighted by molar-refractivity contribution is 5.14. The van der Waals surface area contributed by atoms with Crippen LogP contribution in [0.2, 0.25) is 0 Å². The van der Waals surface area contributed by atoms with Gasteiger partial charge < -0.3 is 29.2 Å². The third-order valence-electron chi connectivity index (χ3n) is 11.6. The van der Waals surface area contributed by atoms with E-state index in [1.165, 1.54) is 154 Å². The number of aliphatic hydroxyl groups is 2. The number of hydrogen-bond donors (Lipinski definition) is 2. The molecule has 0 bridgehead atoms. The van der Waals surface area contributed by atoms with E-state index >= 15 is 0 Å². The first-order valence-electron chi connectivity index (χ1n) is 24.5. The SMILES string of the molecule is CCCCCCCCCCCCCCCCOC[C@@H](OCc1ccccc1)[C@@H](O)[C@H](O)[C@@H](COCCCCCCCCCCCCCCCC)OCc1ccccc1. The fraction of sp³-hybridized carbons (Fsp3) is 0.769. The predicted octanol–water partition coefficient (Wildman–Crippen LogP) is 13.9. The van der Waals surface area contributed by atoms with Crippen molar-refractivity contribution >= 4 is 0 Å². The van der Waals surface area contributed by atoms with Gasteiger partial charge in [-0.25, -0.2) is 0 Å². The van der Waals surface area contributed by atoms with Crippen LogP contribution in [0.3, 0.4) is 0 Å². The molecule has 0 amide bonds. The van der Waals surface area contributed by atoms with Crippen molar-refractivity contribution in [2.75, 3.05) is 26.4 Å². The molecule has 0 aromatic heterocycles. The Morgan fingerprint density at radius 2 is 0.621 bits per heavy atom. The lowest BCUT2D eigenvalue weighted by atomic mass is 10.0. The topological polar surface area (TPSA) is 77.4 Å². The largest absolute Gasteiger partial charge is 0.388 e. The number of rotatable bonds is 43. The van der Waals surface area contributed by atoms with Gasteiger partial charge in [0.1, 0.15) is 24.4 Å². The molecule has 0 spiro atoms. The molecule has 4 atom stereocenters. The maximum Gasteiger partial charge on any atom is 0.111 e. The number of hydrogen-bond acceptors (Lipinski definition) is 6. The Kier molecular flexibility index (Phi) is 35.5. The molecule has 2 N–H and O–H groups in total. The molecule has 0 aliphatic rings. The molecule has 0 saturated carbocycles. The van der Waals surface area contributed by atoms with Crippen LogP contribution in [-0.2, 0) is 32.2 Å². The molecule has 2 rings (SSSR count). The maximum absolute atomic E-state index is 11.6. The summed E-state index contributed by atoms with van der Waals surface area (Å²) < 4.78 is 24.7. The molecule has 6 nitrogen and oxygen atoms in total. The van der Waals surface area contributed by atoms with Gasteiger partial charge in [0.05, 0.1) is 26.4 Å². The van der Waals surface area contributed by atoms with E-state index in [4.69, 9.17) is 18.9 Å². The zero-order valence-electron chi connectivity index (χ0n) is 37.7. The molecule has 0 aliphatic carbocycles. The third kappa shape index (κ3) is 29.4. The van der Waals surface area contributed by atoms with Gasteiger partial charge in [0, 0.05) is 13.2 Å². The van der Waals surface area contributed by atoms with E-state index in [0.717, 1.165) is 36.8 Å². The molecule has 58 heavy (non-hydrogen) atoms. The summed E-state index contributed by atoms with van der Waals surface area (Å²) in [6.45, 7) is 6.84.